The molecule has 2 heterocycles. The molecule has 0 radical (unpaired) electrons. The molecular formula is C19H25N3O2. The molecule has 2 aromatic rings. The Morgan fingerprint density at radius 2 is 1.88 bits per heavy atom. The lowest BCUT2D eigenvalue weighted by molar-refractivity contribution is -0.114. The number of nitrogens with zero attached hydrogens (tertiary/aromatic N) is 2. The molecule has 2 aromatic heterocycles. The zero-order valence-electron chi connectivity index (χ0n) is 15.0. The van der Waals surface area contributed by atoms with Crippen LogP contribution in [-0.4, -0.2) is 23.0 Å². The summed E-state index contributed by atoms with van der Waals surface area (Å²) < 4.78 is 5.62. The van der Waals surface area contributed by atoms with Gasteiger partial charge in [-0.1, -0.05) is 20.8 Å². The maximum Gasteiger partial charge on any atom is 0.221 e. The molecular weight excluding hydrogens is 302 g/mol. The van der Waals surface area contributed by atoms with Gasteiger partial charge in [-0.15, -0.1) is 0 Å². The van der Waals surface area contributed by atoms with Crippen molar-refractivity contribution in [2.45, 2.75) is 46.0 Å². The summed E-state index contributed by atoms with van der Waals surface area (Å²) in [6.45, 7) is 7.81. The Labute approximate surface area is 143 Å². The van der Waals surface area contributed by atoms with Crippen molar-refractivity contribution >= 4 is 11.6 Å². The number of hydrogen-bond acceptors (Lipinski definition) is 4. The van der Waals surface area contributed by atoms with E-state index in [2.05, 4.69) is 36.1 Å². The van der Waals surface area contributed by atoms with Crippen LogP contribution in [-0.2, 0) is 11.2 Å². The number of aromatic nitrogens is 2. The van der Waals surface area contributed by atoms with E-state index in [1.807, 2.05) is 24.4 Å². The Hall–Kier alpha value is -2.43. The van der Waals surface area contributed by atoms with Crippen LogP contribution in [0.1, 0.15) is 56.5 Å². The predicted molar refractivity (Wildman–Crippen MR) is 95.5 cm³/mol. The standard InChI is InChI=1S/C19H25N3O2/c1-12(2)17-19(24-5)15(8-10-21-17)11-13(3)18-16(22-14(4)23)7-6-9-20-18/h6-10,12-13H,11H2,1-5H3,(H,22,23)/t13-/m1/s1. The Morgan fingerprint density at radius 3 is 2.50 bits per heavy atom. The third kappa shape index (κ3) is 4.10. The van der Waals surface area contributed by atoms with E-state index < -0.39 is 0 Å². The van der Waals surface area contributed by atoms with Crippen LogP contribution in [0.4, 0.5) is 5.69 Å². The fourth-order valence-corrected chi connectivity index (χ4v) is 2.85. The molecule has 1 atom stereocenters. The lowest BCUT2D eigenvalue weighted by atomic mass is 9.94. The third-order valence-corrected chi connectivity index (χ3v) is 3.91. The Morgan fingerprint density at radius 1 is 1.17 bits per heavy atom. The highest BCUT2D eigenvalue weighted by molar-refractivity contribution is 5.89. The van der Waals surface area contributed by atoms with Crippen LogP contribution in [0.2, 0.25) is 0 Å². The highest BCUT2D eigenvalue weighted by Crippen LogP contribution is 2.32. The lowest BCUT2D eigenvalue weighted by Gasteiger charge is -2.19. The van der Waals surface area contributed by atoms with E-state index in [9.17, 15) is 4.79 Å². The number of carbonyl (C=O) groups excluding carboxylic acids is 1. The van der Waals surface area contributed by atoms with Crippen molar-refractivity contribution in [1.29, 1.82) is 0 Å². The van der Waals surface area contributed by atoms with Crippen LogP contribution in [0.3, 0.4) is 0 Å². The SMILES string of the molecule is COc1c(C[C@@H](C)c2ncccc2NC(C)=O)ccnc1C(C)C. The number of methoxy groups -OCH3 is 1. The number of anilines is 1. The maximum absolute atomic E-state index is 11.4. The molecule has 24 heavy (non-hydrogen) atoms. The number of ether oxygens (including phenoxy) is 1. The second-order valence-corrected chi connectivity index (χ2v) is 6.27. The van der Waals surface area contributed by atoms with Crippen molar-refractivity contribution in [3.8, 4) is 5.75 Å². The van der Waals surface area contributed by atoms with Crippen molar-refractivity contribution < 1.29 is 9.53 Å². The molecule has 0 fully saturated rings. The molecule has 5 nitrogen and oxygen atoms in total. The van der Waals surface area contributed by atoms with Gasteiger partial charge in [-0.2, -0.15) is 0 Å². The fraction of sp³-hybridized carbons (Fsp3) is 0.421. The fourth-order valence-electron chi connectivity index (χ4n) is 2.85. The summed E-state index contributed by atoms with van der Waals surface area (Å²) in [5, 5.41) is 2.85. The van der Waals surface area contributed by atoms with E-state index in [1.54, 1.807) is 13.3 Å². The molecule has 0 aliphatic rings. The van der Waals surface area contributed by atoms with E-state index in [4.69, 9.17) is 4.74 Å². The molecule has 0 bridgehead atoms. The van der Waals surface area contributed by atoms with Gasteiger partial charge in [-0.05, 0) is 36.1 Å². The average Bonchev–Trinajstić information content (AvgIpc) is 2.54. The summed E-state index contributed by atoms with van der Waals surface area (Å²) in [5.74, 6) is 1.17. The van der Waals surface area contributed by atoms with Crippen LogP contribution >= 0.6 is 0 Å². The third-order valence-electron chi connectivity index (χ3n) is 3.91. The average molecular weight is 327 g/mol. The number of rotatable bonds is 6. The van der Waals surface area contributed by atoms with Gasteiger partial charge in [-0.25, -0.2) is 0 Å². The zero-order chi connectivity index (χ0) is 17.7. The number of carbonyl (C=O) groups is 1. The number of pyridine rings is 2. The first-order valence-electron chi connectivity index (χ1n) is 8.18. The van der Waals surface area contributed by atoms with Gasteiger partial charge < -0.3 is 10.1 Å². The van der Waals surface area contributed by atoms with Crippen molar-refractivity contribution in [3.63, 3.8) is 0 Å². The zero-order valence-corrected chi connectivity index (χ0v) is 15.0. The first-order valence-corrected chi connectivity index (χ1v) is 8.18. The Balaban J connectivity index is 2.32. The van der Waals surface area contributed by atoms with Crippen molar-refractivity contribution in [2.24, 2.45) is 0 Å². The Bertz CT molecular complexity index is 714. The number of hydrogen-bond donors (Lipinski definition) is 1. The van der Waals surface area contributed by atoms with E-state index >= 15 is 0 Å². The van der Waals surface area contributed by atoms with Gasteiger partial charge in [0.2, 0.25) is 5.91 Å². The van der Waals surface area contributed by atoms with E-state index in [1.165, 1.54) is 6.92 Å². The first kappa shape index (κ1) is 17.9. The molecule has 0 aliphatic carbocycles. The summed E-state index contributed by atoms with van der Waals surface area (Å²) in [4.78, 5) is 20.3. The second-order valence-electron chi connectivity index (χ2n) is 6.27. The topological polar surface area (TPSA) is 64.1 Å². The van der Waals surface area contributed by atoms with Crippen molar-refractivity contribution in [2.75, 3.05) is 12.4 Å². The maximum atomic E-state index is 11.4. The van der Waals surface area contributed by atoms with Gasteiger partial charge in [0, 0.05) is 25.2 Å². The molecule has 0 saturated carbocycles. The van der Waals surface area contributed by atoms with Gasteiger partial charge in [0.1, 0.15) is 5.75 Å². The predicted octanol–water partition coefficient (Wildman–Crippen LogP) is 3.91. The van der Waals surface area contributed by atoms with Crippen molar-refractivity contribution in [3.05, 3.63) is 47.5 Å². The minimum absolute atomic E-state index is 0.0972. The van der Waals surface area contributed by atoms with E-state index in [0.717, 1.165) is 34.8 Å². The number of nitrogens with one attached hydrogen (secondary N) is 1. The summed E-state index contributed by atoms with van der Waals surface area (Å²) in [6.07, 6.45) is 4.34. The summed E-state index contributed by atoms with van der Waals surface area (Å²) in [5.41, 5.74) is 3.70. The number of amides is 1. The highest BCUT2D eigenvalue weighted by atomic mass is 16.5. The minimum atomic E-state index is -0.0972. The molecule has 0 aromatic carbocycles. The summed E-state index contributed by atoms with van der Waals surface area (Å²) in [6, 6.07) is 5.69. The molecule has 0 spiro atoms. The molecule has 2 rings (SSSR count). The lowest BCUT2D eigenvalue weighted by Crippen LogP contribution is -2.12. The quantitative estimate of drug-likeness (QED) is 0.873. The highest BCUT2D eigenvalue weighted by Gasteiger charge is 2.18. The molecule has 0 aliphatic heterocycles. The smallest absolute Gasteiger partial charge is 0.221 e. The van der Waals surface area contributed by atoms with E-state index in [-0.39, 0.29) is 11.8 Å². The largest absolute Gasteiger partial charge is 0.495 e. The van der Waals surface area contributed by atoms with Crippen LogP contribution in [0.15, 0.2) is 30.6 Å². The van der Waals surface area contributed by atoms with Crippen molar-refractivity contribution in [1.82, 2.24) is 9.97 Å². The van der Waals surface area contributed by atoms with Crippen LogP contribution < -0.4 is 10.1 Å². The summed E-state index contributed by atoms with van der Waals surface area (Å²) >= 11 is 0. The van der Waals surface area contributed by atoms with Crippen LogP contribution in [0, 0.1) is 0 Å². The monoisotopic (exact) mass is 327 g/mol. The Kier molecular flexibility index (Phi) is 5.90. The van der Waals surface area contributed by atoms with Gasteiger partial charge >= 0.3 is 0 Å². The first-order chi connectivity index (χ1) is 11.4. The molecule has 0 unspecified atom stereocenters. The van der Waals surface area contributed by atoms with Gasteiger partial charge in [0.15, 0.2) is 0 Å². The van der Waals surface area contributed by atoms with Gasteiger partial charge in [0.05, 0.1) is 24.2 Å². The van der Waals surface area contributed by atoms with Gasteiger partial charge in [0.25, 0.3) is 0 Å². The molecule has 0 saturated heterocycles. The minimum Gasteiger partial charge on any atom is -0.495 e. The second kappa shape index (κ2) is 7.90. The summed E-state index contributed by atoms with van der Waals surface area (Å²) in [7, 11) is 1.68. The molecule has 128 valence electrons. The van der Waals surface area contributed by atoms with Gasteiger partial charge in [-0.3, -0.25) is 14.8 Å². The van der Waals surface area contributed by atoms with Crippen LogP contribution in [0.5, 0.6) is 5.75 Å². The van der Waals surface area contributed by atoms with E-state index in [0.29, 0.717) is 5.92 Å². The molecule has 5 heteroatoms. The molecule has 1 N–H and O–H groups in total. The normalized spacial score (nSPS) is 12.1. The van der Waals surface area contributed by atoms with Crippen LogP contribution in [0.25, 0.3) is 0 Å². The molecule has 1 amide bonds.